The van der Waals surface area contributed by atoms with Gasteiger partial charge < -0.3 is 15.0 Å². The molecule has 34 heavy (non-hydrogen) atoms. The van der Waals surface area contributed by atoms with Crippen LogP contribution in [-0.4, -0.2) is 57.1 Å². The normalized spacial score (nSPS) is 13.0. The molecular formula is C24H32FN3O5S. The summed E-state index contributed by atoms with van der Waals surface area (Å²) in [5, 5.41) is 2.85. The first-order chi connectivity index (χ1) is 16.0. The molecule has 0 aliphatic rings. The summed E-state index contributed by atoms with van der Waals surface area (Å²) < 4.78 is 44.9. The first-order valence-corrected chi connectivity index (χ1v) is 12.8. The quantitative estimate of drug-likeness (QED) is 0.519. The van der Waals surface area contributed by atoms with Gasteiger partial charge in [0.15, 0.2) is 0 Å². The lowest BCUT2D eigenvalue weighted by atomic mass is 10.1. The van der Waals surface area contributed by atoms with Crippen molar-refractivity contribution in [2.45, 2.75) is 45.8 Å². The first kappa shape index (κ1) is 27.1. The molecule has 0 bridgehead atoms. The molecule has 1 N–H and O–H groups in total. The molecule has 0 saturated heterocycles. The van der Waals surface area contributed by atoms with Crippen LogP contribution < -0.4 is 14.4 Å². The summed E-state index contributed by atoms with van der Waals surface area (Å²) in [6, 6.07) is 11.0. The number of para-hydroxylation sites is 2. The lowest BCUT2D eigenvalue weighted by molar-refractivity contribution is -0.139. The van der Waals surface area contributed by atoms with Crippen LogP contribution in [0.2, 0.25) is 0 Å². The highest BCUT2D eigenvalue weighted by molar-refractivity contribution is 7.92. The van der Waals surface area contributed by atoms with Gasteiger partial charge >= 0.3 is 0 Å². The van der Waals surface area contributed by atoms with Crippen LogP contribution in [0.1, 0.15) is 32.8 Å². The van der Waals surface area contributed by atoms with Gasteiger partial charge in [-0.15, -0.1) is 0 Å². The average Bonchev–Trinajstić information content (AvgIpc) is 2.80. The maximum Gasteiger partial charge on any atom is 0.244 e. The highest BCUT2D eigenvalue weighted by Crippen LogP contribution is 2.29. The lowest BCUT2D eigenvalue weighted by Crippen LogP contribution is -2.52. The van der Waals surface area contributed by atoms with Crippen molar-refractivity contribution in [3.63, 3.8) is 0 Å². The van der Waals surface area contributed by atoms with E-state index in [0.29, 0.717) is 12.0 Å². The van der Waals surface area contributed by atoms with E-state index >= 15 is 0 Å². The fourth-order valence-electron chi connectivity index (χ4n) is 3.27. The average molecular weight is 494 g/mol. The SMILES string of the molecule is CC[C@H](C)NC(=O)[C@H](C)N(Cc1ccc(F)cc1)C(=O)CN(c1ccccc1OC)S(C)(=O)=O. The molecule has 0 aliphatic heterocycles. The Morgan fingerprint density at radius 1 is 1.09 bits per heavy atom. The zero-order valence-corrected chi connectivity index (χ0v) is 20.9. The van der Waals surface area contributed by atoms with Gasteiger partial charge in [-0.3, -0.25) is 13.9 Å². The Hall–Kier alpha value is -3.14. The Kier molecular flexibility index (Phi) is 9.43. The molecule has 0 aromatic heterocycles. The van der Waals surface area contributed by atoms with Gasteiger partial charge in [0, 0.05) is 12.6 Å². The van der Waals surface area contributed by atoms with E-state index in [-0.39, 0.29) is 29.9 Å². The van der Waals surface area contributed by atoms with Crippen molar-refractivity contribution in [1.29, 1.82) is 0 Å². The maximum absolute atomic E-state index is 13.5. The summed E-state index contributed by atoms with van der Waals surface area (Å²) in [5.74, 6) is -1.10. The third-order valence-electron chi connectivity index (χ3n) is 5.47. The zero-order chi connectivity index (χ0) is 25.5. The van der Waals surface area contributed by atoms with Gasteiger partial charge in [-0.2, -0.15) is 0 Å². The molecule has 2 amide bonds. The van der Waals surface area contributed by atoms with E-state index in [1.807, 2.05) is 13.8 Å². The van der Waals surface area contributed by atoms with E-state index in [1.54, 1.807) is 25.1 Å². The summed E-state index contributed by atoms with van der Waals surface area (Å²) in [7, 11) is -2.46. The monoisotopic (exact) mass is 493 g/mol. The number of benzene rings is 2. The summed E-state index contributed by atoms with van der Waals surface area (Å²) in [6.45, 7) is 4.81. The van der Waals surface area contributed by atoms with Crippen LogP contribution in [-0.2, 0) is 26.2 Å². The van der Waals surface area contributed by atoms with Gasteiger partial charge in [0.2, 0.25) is 21.8 Å². The Morgan fingerprint density at radius 2 is 1.71 bits per heavy atom. The number of amides is 2. The maximum atomic E-state index is 13.5. The molecule has 0 fully saturated rings. The minimum absolute atomic E-state index is 0.00225. The number of nitrogens with one attached hydrogen (secondary N) is 1. The molecule has 8 nitrogen and oxygen atoms in total. The van der Waals surface area contributed by atoms with Crippen LogP contribution in [0.15, 0.2) is 48.5 Å². The van der Waals surface area contributed by atoms with Crippen LogP contribution in [0.25, 0.3) is 0 Å². The number of rotatable bonds is 11. The number of halogens is 1. The van der Waals surface area contributed by atoms with Gasteiger partial charge in [-0.25, -0.2) is 12.8 Å². The van der Waals surface area contributed by atoms with Gasteiger partial charge in [0.25, 0.3) is 0 Å². The van der Waals surface area contributed by atoms with Crippen LogP contribution in [0.4, 0.5) is 10.1 Å². The number of carbonyl (C=O) groups is 2. The minimum Gasteiger partial charge on any atom is -0.495 e. The van der Waals surface area contributed by atoms with Gasteiger partial charge in [0.1, 0.15) is 24.2 Å². The number of ether oxygens (including phenoxy) is 1. The van der Waals surface area contributed by atoms with Crippen LogP contribution in [0.3, 0.4) is 0 Å². The number of methoxy groups -OCH3 is 1. The Bertz CT molecular complexity index is 1090. The van der Waals surface area contributed by atoms with Crippen molar-refractivity contribution in [1.82, 2.24) is 10.2 Å². The van der Waals surface area contributed by atoms with Crippen molar-refractivity contribution in [2.75, 3.05) is 24.2 Å². The fourth-order valence-corrected chi connectivity index (χ4v) is 4.12. The molecule has 2 atom stereocenters. The zero-order valence-electron chi connectivity index (χ0n) is 20.1. The molecule has 2 aromatic rings. The van der Waals surface area contributed by atoms with E-state index in [2.05, 4.69) is 5.32 Å². The number of hydrogen-bond acceptors (Lipinski definition) is 5. The van der Waals surface area contributed by atoms with Crippen molar-refractivity contribution >= 4 is 27.5 Å². The molecule has 0 saturated carbocycles. The van der Waals surface area contributed by atoms with Crippen LogP contribution in [0, 0.1) is 5.82 Å². The number of sulfonamides is 1. The predicted octanol–water partition coefficient (Wildman–Crippen LogP) is 2.93. The van der Waals surface area contributed by atoms with Crippen molar-refractivity contribution < 1.29 is 27.1 Å². The minimum atomic E-state index is -3.87. The molecule has 186 valence electrons. The molecule has 0 aliphatic carbocycles. The number of hydrogen-bond donors (Lipinski definition) is 1. The molecule has 2 rings (SSSR count). The third kappa shape index (κ3) is 7.18. The molecule has 0 unspecified atom stereocenters. The van der Waals surface area contributed by atoms with E-state index in [4.69, 9.17) is 4.74 Å². The smallest absolute Gasteiger partial charge is 0.244 e. The van der Waals surface area contributed by atoms with E-state index in [1.165, 1.54) is 42.3 Å². The summed E-state index contributed by atoms with van der Waals surface area (Å²) in [4.78, 5) is 27.6. The van der Waals surface area contributed by atoms with Gasteiger partial charge in [-0.05, 0) is 50.1 Å². The van der Waals surface area contributed by atoms with Crippen molar-refractivity contribution in [2.24, 2.45) is 0 Å². The van der Waals surface area contributed by atoms with Crippen LogP contribution in [0.5, 0.6) is 5.75 Å². The number of anilines is 1. The third-order valence-corrected chi connectivity index (χ3v) is 6.59. The Morgan fingerprint density at radius 3 is 2.26 bits per heavy atom. The van der Waals surface area contributed by atoms with Crippen molar-refractivity contribution in [3.05, 3.63) is 59.9 Å². The Balaban J connectivity index is 2.41. The lowest BCUT2D eigenvalue weighted by Gasteiger charge is -2.32. The second-order valence-electron chi connectivity index (χ2n) is 8.08. The Labute approximate surface area is 200 Å². The predicted molar refractivity (Wildman–Crippen MR) is 129 cm³/mol. The topological polar surface area (TPSA) is 96.0 Å². The molecule has 0 radical (unpaired) electrons. The number of nitrogens with zero attached hydrogens (tertiary/aromatic N) is 2. The summed E-state index contributed by atoms with van der Waals surface area (Å²) >= 11 is 0. The van der Waals surface area contributed by atoms with E-state index in [0.717, 1.165) is 10.6 Å². The second-order valence-corrected chi connectivity index (χ2v) is 9.99. The van der Waals surface area contributed by atoms with E-state index < -0.39 is 34.3 Å². The molecule has 0 spiro atoms. The fraction of sp³-hybridized carbons (Fsp3) is 0.417. The number of carbonyl (C=O) groups excluding carboxylic acids is 2. The standard InChI is InChI=1S/C24H32FN3O5S/c1-6-17(2)26-24(30)18(3)27(15-19-11-13-20(25)14-12-19)23(29)16-28(34(5,31)32)21-9-7-8-10-22(21)33-4/h7-14,17-18H,6,15-16H2,1-5H3,(H,26,30)/t17-,18-/m0/s1. The largest absolute Gasteiger partial charge is 0.495 e. The van der Waals surface area contributed by atoms with Gasteiger partial charge in [-0.1, -0.05) is 31.2 Å². The molecule has 0 heterocycles. The summed E-state index contributed by atoms with van der Waals surface area (Å²) in [5.41, 5.74) is 0.806. The molecule has 10 heteroatoms. The van der Waals surface area contributed by atoms with E-state index in [9.17, 15) is 22.4 Å². The second kappa shape index (κ2) is 11.8. The molecule has 2 aromatic carbocycles. The molecular weight excluding hydrogens is 461 g/mol. The van der Waals surface area contributed by atoms with Crippen LogP contribution >= 0.6 is 0 Å². The van der Waals surface area contributed by atoms with Gasteiger partial charge in [0.05, 0.1) is 19.1 Å². The van der Waals surface area contributed by atoms with Crippen molar-refractivity contribution in [3.8, 4) is 5.75 Å². The first-order valence-electron chi connectivity index (χ1n) is 10.9. The summed E-state index contributed by atoms with van der Waals surface area (Å²) in [6.07, 6.45) is 1.70. The highest BCUT2D eigenvalue weighted by Gasteiger charge is 2.31. The highest BCUT2D eigenvalue weighted by atomic mass is 32.2.